The van der Waals surface area contributed by atoms with Gasteiger partial charge in [0.15, 0.2) is 0 Å². The van der Waals surface area contributed by atoms with Crippen molar-refractivity contribution in [3.05, 3.63) is 48.5 Å². The van der Waals surface area contributed by atoms with E-state index >= 15 is 0 Å². The molecular weight excluding hydrogens is 262 g/mol. The van der Waals surface area contributed by atoms with Gasteiger partial charge in [0.05, 0.1) is 6.07 Å². The van der Waals surface area contributed by atoms with Crippen molar-refractivity contribution < 1.29 is 4.79 Å². The highest BCUT2D eigenvalue weighted by molar-refractivity contribution is 5.92. The Morgan fingerprint density at radius 2 is 1.57 bits per heavy atom. The zero-order valence-electron chi connectivity index (χ0n) is 12.1. The summed E-state index contributed by atoms with van der Waals surface area (Å²) in [7, 11) is 4.02. The fraction of sp³-hybridized carbons (Fsp3) is 0.176. The van der Waals surface area contributed by atoms with Crippen LogP contribution in [0.3, 0.4) is 0 Å². The molecule has 0 saturated heterocycles. The van der Waals surface area contributed by atoms with Crippen LogP contribution < -0.4 is 10.2 Å². The first-order valence-electron chi connectivity index (χ1n) is 6.65. The highest BCUT2D eigenvalue weighted by atomic mass is 16.1. The van der Waals surface area contributed by atoms with Crippen LogP contribution in [0.1, 0.15) is 6.42 Å². The van der Waals surface area contributed by atoms with E-state index in [1.807, 2.05) is 44.4 Å². The number of nitriles is 1. The van der Waals surface area contributed by atoms with E-state index in [1.54, 1.807) is 0 Å². The van der Waals surface area contributed by atoms with Gasteiger partial charge in [0, 0.05) is 25.5 Å². The van der Waals surface area contributed by atoms with Gasteiger partial charge in [0.2, 0.25) is 5.91 Å². The fourth-order valence-corrected chi connectivity index (χ4v) is 1.98. The summed E-state index contributed by atoms with van der Waals surface area (Å²) in [6.45, 7) is 0. The molecule has 0 fully saturated rings. The third-order valence-electron chi connectivity index (χ3n) is 3.13. The first-order chi connectivity index (χ1) is 10.1. The van der Waals surface area contributed by atoms with Crippen LogP contribution in [0, 0.1) is 11.3 Å². The Morgan fingerprint density at radius 3 is 2.05 bits per heavy atom. The maximum Gasteiger partial charge on any atom is 0.238 e. The van der Waals surface area contributed by atoms with Gasteiger partial charge in [-0.1, -0.05) is 24.3 Å². The number of hydrogen-bond acceptors (Lipinski definition) is 3. The SMILES string of the molecule is CN(C)c1ccc(-c2ccc(NC(=O)CC#N)cc2)cc1. The molecule has 0 aliphatic rings. The number of nitrogens with one attached hydrogen (secondary N) is 1. The number of amides is 1. The monoisotopic (exact) mass is 279 g/mol. The van der Waals surface area contributed by atoms with Gasteiger partial charge >= 0.3 is 0 Å². The summed E-state index contributed by atoms with van der Waals surface area (Å²) in [5.41, 5.74) is 4.05. The average molecular weight is 279 g/mol. The fourth-order valence-electron chi connectivity index (χ4n) is 1.98. The van der Waals surface area contributed by atoms with Crippen LogP contribution in [0.2, 0.25) is 0 Å². The van der Waals surface area contributed by atoms with Gasteiger partial charge in [0.25, 0.3) is 0 Å². The molecule has 0 atom stereocenters. The van der Waals surface area contributed by atoms with Gasteiger partial charge in [-0.15, -0.1) is 0 Å². The topological polar surface area (TPSA) is 56.1 Å². The Bertz CT molecular complexity index is 652. The summed E-state index contributed by atoms with van der Waals surface area (Å²) in [5, 5.41) is 11.1. The largest absolute Gasteiger partial charge is 0.378 e. The molecule has 2 aromatic carbocycles. The van der Waals surface area contributed by atoms with Crippen molar-refractivity contribution in [2.24, 2.45) is 0 Å². The van der Waals surface area contributed by atoms with Crippen molar-refractivity contribution in [1.82, 2.24) is 0 Å². The molecule has 0 aliphatic heterocycles. The smallest absolute Gasteiger partial charge is 0.238 e. The minimum atomic E-state index is -0.291. The summed E-state index contributed by atoms with van der Waals surface area (Å²) in [5.74, 6) is -0.291. The van der Waals surface area contributed by atoms with Gasteiger partial charge in [-0.25, -0.2) is 0 Å². The van der Waals surface area contributed by atoms with E-state index < -0.39 is 0 Å². The van der Waals surface area contributed by atoms with E-state index in [1.165, 1.54) is 0 Å². The standard InChI is InChI=1S/C17H17N3O/c1-20(2)16-9-5-14(6-10-16)13-3-7-15(8-4-13)19-17(21)11-12-18/h3-10H,11H2,1-2H3,(H,19,21). The molecule has 0 aliphatic carbocycles. The van der Waals surface area contributed by atoms with Crippen LogP contribution in [0.15, 0.2) is 48.5 Å². The number of rotatable bonds is 4. The van der Waals surface area contributed by atoms with E-state index in [0.29, 0.717) is 5.69 Å². The van der Waals surface area contributed by atoms with Crippen LogP contribution in [-0.2, 0) is 4.79 Å². The molecule has 1 N–H and O–H groups in total. The van der Waals surface area contributed by atoms with Gasteiger partial charge in [-0.2, -0.15) is 5.26 Å². The molecule has 4 heteroatoms. The van der Waals surface area contributed by atoms with Crippen molar-refractivity contribution in [2.45, 2.75) is 6.42 Å². The highest BCUT2D eigenvalue weighted by Gasteiger charge is 2.03. The Kier molecular flexibility index (Phi) is 4.57. The molecule has 0 bridgehead atoms. The van der Waals surface area contributed by atoms with Crippen molar-refractivity contribution in [3.8, 4) is 17.2 Å². The van der Waals surface area contributed by atoms with E-state index in [0.717, 1.165) is 16.8 Å². The molecule has 0 saturated carbocycles. The zero-order chi connectivity index (χ0) is 15.2. The Morgan fingerprint density at radius 1 is 1.05 bits per heavy atom. The molecule has 106 valence electrons. The molecule has 0 aromatic heterocycles. The second-order valence-corrected chi connectivity index (χ2v) is 4.90. The van der Waals surface area contributed by atoms with Gasteiger partial charge in [0.1, 0.15) is 6.42 Å². The molecule has 0 radical (unpaired) electrons. The van der Waals surface area contributed by atoms with Gasteiger partial charge < -0.3 is 10.2 Å². The normalized spacial score (nSPS) is 9.76. The van der Waals surface area contributed by atoms with Crippen LogP contribution in [0.25, 0.3) is 11.1 Å². The predicted octanol–water partition coefficient (Wildman–Crippen LogP) is 3.27. The molecule has 4 nitrogen and oxygen atoms in total. The first kappa shape index (κ1) is 14.6. The molecule has 0 unspecified atom stereocenters. The summed E-state index contributed by atoms with van der Waals surface area (Å²) in [6.07, 6.45) is -0.131. The van der Waals surface area contributed by atoms with Crippen molar-refractivity contribution in [1.29, 1.82) is 5.26 Å². The van der Waals surface area contributed by atoms with E-state index in [2.05, 4.69) is 34.5 Å². The summed E-state index contributed by atoms with van der Waals surface area (Å²) < 4.78 is 0. The maximum absolute atomic E-state index is 11.3. The van der Waals surface area contributed by atoms with Crippen LogP contribution in [0.5, 0.6) is 0 Å². The third-order valence-corrected chi connectivity index (χ3v) is 3.13. The highest BCUT2D eigenvalue weighted by Crippen LogP contribution is 2.23. The minimum Gasteiger partial charge on any atom is -0.378 e. The van der Waals surface area contributed by atoms with Gasteiger partial charge in [-0.3, -0.25) is 4.79 Å². The molecule has 0 heterocycles. The first-order valence-corrected chi connectivity index (χ1v) is 6.65. The lowest BCUT2D eigenvalue weighted by Gasteiger charge is -2.13. The molecule has 1 amide bonds. The number of hydrogen-bond donors (Lipinski definition) is 1. The minimum absolute atomic E-state index is 0.131. The predicted molar refractivity (Wildman–Crippen MR) is 85.1 cm³/mol. The lowest BCUT2D eigenvalue weighted by molar-refractivity contribution is -0.115. The van der Waals surface area contributed by atoms with E-state index in [4.69, 9.17) is 5.26 Å². The molecule has 21 heavy (non-hydrogen) atoms. The van der Waals surface area contributed by atoms with Crippen LogP contribution in [0.4, 0.5) is 11.4 Å². The Balaban J connectivity index is 2.11. The lowest BCUT2D eigenvalue weighted by atomic mass is 10.0. The van der Waals surface area contributed by atoms with Crippen molar-refractivity contribution in [2.75, 3.05) is 24.3 Å². The number of carbonyl (C=O) groups excluding carboxylic acids is 1. The number of nitrogens with zero attached hydrogens (tertiary/aromatic N) is 2. The zero-order valence-corrected chi connectivity index (χ0v) is 12.1. The maximum atomic E-state index is 11.3. The number of carbonyl (C=O) groups is 1. The second kappa shape index (κ2) is 6.58. The number of benzene rings is 2. The van der Waals surface area contributed by atoms with E-state index in [-0.39, 0.29) is 12.3 Å². The number of anilines is 2. The van der Waals surface area contributed by atoms with Gasteiger partial charge in [-0.05, 0) is 35.4 Å². The quantitative estimate of drug-likeness (QED) is 0.934. The van der Waals surface area contributed by atoms with E-state index in [9.17, 15) is 4.79 Å². The second-order valence-electron chi connectivity index (χ2n) is 4.90. The molecular formula is C17H17N3O. The summed E-state index contributed by atoms with van der Waals surface area (Å²) >= 11 is 0. The molecule has 2 aromatic rings. The average Bonchev–Trinajstić information content (AvgIpc) is 2.48. The van der Waals surface area contributed by atoms with Crippen molar-refractivity contribution >= 4 is 17.3 Å². The molecule has 2 rings (SSSR count). The Labute approximate surface area is 124 Å². The van der Waals surface area contributed by atoms with Crippen LogP contribution in [-0.4, -0.2) is 20.0 Å². The Hall–Kier alpha value is -2.80. The summed E-state index contributed by atoms with van der Waals surface area (Å²) in [6, 6.07) is 17.7. The third kappa shape index (κ3) is 3.83. The lowest BCUT2D eigenvalue weighted by Crippen LogP contribution is -2.09. The van der Waals surface area contributed by atoms with Crippen molar-refractivity contribution in [3.63, 3.8) is 0 Å². The summed E-state index contributed by atoms with van der Waals surface area (Å²) in [4.78, 5) is 13.4. The van der Waals surface area contributed by atoms with Crippen LogP contribution >= 0.6 is 0 Å². The molecule has 0 spiro atoms.